The van der Waals surface area contributed by atoms with Crippen molar-refractivity contribution >= 4 is 96.9 Å². The SMILES string of the molecule is O=C(COP(=O)(O)OP(=O)(O)O)[C@@H](O)[C@H](O)[C@H](O)CO.[CaH2].[CaH2]. The fraction of sp³-hybridized carbons (Fsp3) is 0.833. The predicted octanol–water partition coefficient (Wildman–Crippen LogP) is -4.98. The summed E-state index contributed by atoms with van der Waals surface area (Å²) >= 11 is 0. The molecule has 0 heterocycles. The van der Waals surface area contributed by atoms with Crippen molar-refractivity contribution in [2.75, 3.05) is 13.2 Å². The van der Waals surface area contributed by atoms with Gasteiger partial charge in [0.05, 0.1) is 6.61 Å². The summed E-state index contributed by atoms with van der Waals surface area (Å²) in [6.45, 7) is -2.31. The average Bonchev–Trinajstić information content (AvgIpc) is 2.30. The number of hydrogen-bond acceptors (Lipinski definition) is 9. The van der Waals surface area contributed by atoms with Crippen LogP contribution in [0.5, 0.6) is 0 Å². The van der Waals surface area contributed by atoms with Crippen LogP contribution in [0.1, 0.15) is 0 Å². The first-order valence-corrected chi connectivity index (χ1v) is 7.84. The fourth-order valence-corrected chi connectivity index (χ4v) is 2.45. The Balaban J connectivity index is -0.00000180. The van der Waals surface area contributed by atoms with E-state index in [0.29, 0.717) is 0 Å². The van der Waals surface area contributed by atoms with E-state index in [1.54, 1.807) is 0 Å². The Labute approximate surface area is 184 Å². The van der Waals surface area contributed by atoms with Crippen LogP contribution < -0.4 is 0 Å². The monoisotopic (exact) mass is 424 g/mol. The standard InChI is InChI=1S/C6H14O12P2.2Ca.4H/c7-1-3(8)5(10)6(11)4(9)2-17-20(15,16)18-19(12,13)14;;;;;;/h3,5-8,10-11H,1-2H2,(H,15,16)(H2,12,13,14);;;;;;/t3-,5-,6-;;;;;;/m1....../s1. The third kappa shape index (κ3) is 12.6. The second kappa shape index (κ2) is 12.6. The Kier molecular flexibility index (Phi) is 16.7. The summed E-state index contributed by atoms with van der Waals surface area (Å²) in [7, 11) is -10.6. The van der Waals surface area contributed by atoms with E-state index in [0.717, 1.165) is 0 Å². The Morgan fingerprint density at radius 1 is 1.05 bits per heavy atom. The first-order chi connectivity index (χ1) is 8.89. The molecule has 0 aromatic carbocycles. The van der Waals surface area contributed by atoms with E-state index < -0.39 is 53.0 Å². The van der Waals surface area contributed by atoms with Gasteiger partial charge in [0.25, 0.3) is 0 Å². The number of phosphoric acid groups is 2. The van der Waals surface area contributed by atoms with Gasteiger partial charge in [-0.15, -0.1) is 0 Å². The van der Waals surface area contributed by atoms with Crippen LogP contribution in [0.15, 0.2) is 0 Å². The molecule has 0 spiro atoms. The van der Waals surface area contributed by atoms with Gasteiger partial charge in [-0.3, -0.25) is 9.32 Å². The zero-order valence-electron chi connectivity index (χ0n) is 9.71. The van der Waals surface area contributed by atoms with Crippen LogP contribution >= 0.6 is 15.6 Å². The van der Waals surface area contributed by atoms with Crippen LogP contribution in [-0.4, -0.2) is 148 Å². The fourth-order valence-electron chi connectivity index (χ4n) is 0.897. The van der Waals surface area contributed by atoms with Gasteiger partial charge in [-0.05, 0) is 0 Å². The molecule has 16 heteroatoms. The minimum absolute atomic E-state index is 0. The predicted molar refractivity (Wildman–Crippen MR) is 76.1 cm³/mol. The van der Waals surface area contributed by atoms with Gasteiger partial charge in [0.15, 0.2) is 5.78 Å². The van der Waals surface area contributed by atoms with Gasteiger partial charge in [0, 0.05) is 0 Å². The summed E-state index contributed by atoms with van der Waals surface area (Å²) in [5.41, 5.74) is 0. The van der Waals surface area contributed by atoms with E-state index in [1.165, 1.54) is 0 Å². The molecule has 0 saturated carbocycles. The molecular weight excluding hydrogens is 406 g/mol. The quantitative estimate of drug-likeness (QED) is 0.137. The molecule has 7 N–H and O–H groups in total. The molecule has 0 bridgehead atoms. The number of hydrogen-bond donors (Lipinski definition) is 7. The molecule has 0 aromatic rings. The first kappa shape index (κ1) is 29.1. The Morgan fingerprint density at radius 2 is 1.50 bits per heavy atom. The van der Waals surface area contributed by atoms with Crippen molar-refractivity contribution in [1.82, 2.24) is 0 Å². The van der Waals surface area contributed by atoms with Crippen LogP contribution in [-0.2, 0) is 22.8 Å². The van der Waals surface area contributed by atoms with Gasteiger partial charge in [-0.2, -0.15) is 4.31 Å². The van der Waals surface area contributed by atoms with E-state index in [-0.39, 0.29) is 75.5 Å². The van der Waals surface area contributed by atoms with Gasteiger partial charge < -0.3 is 35.1 Å². The summed E-state index contributed by atoms with van der Waals surface area (Å²) in [5, 5.41) is 35.8. The molecule has 128 valence electrons. The summed E-state index contributed by atoms with van der Waals surface area (Å²) in [6, 6.07) is 0. The summed E-state index contributed by atoms with van der Waals surface area (Å²) in [6.07, 6.45) is -6.19. The zero-order chi connectivity index (χ0) is 16.1. The number of rotatable bonds is 9. The van der Waals surface area contributed by atoms with Crippen molar-refractivity contribution in [2.45, 2.75) is 18.3 Å². The molecule has 1 unspecified atom stereocenters. The molecule has 0 saturated heterocycles. The molecule has 0 aliphatic carbocycles. The Bertz CT molecular complexity index is 426. The number of phosphoric ester groups is 1. The maximum absolute atomic E-state index is 11.2. The second-order valence-corrected chi connectivity index (χ2v) is 6.30. The molecule has 22 heavy (non-hydrogen) atoms. The van der Waals surface area contributed by atoms with E-state index in [1.807, 2.05) is 0 Å². The number of Topliss-reactive ketones (excluding diaryl/α,β-unsaturated/α-hetero) is 1. The van der Waals surface area contributed by atoms with Gasteiger partial charge in [-0.1, -0.05) is 0 Å². The van der Waals surface area contributed by atoms with Crippen LogP contribution in [0.3, 0.4) is 0 Å². The normalized spacial score (nSPS) is 18.1. The number of carbonyl (C=O) groups is 1. The van der Waals surface area contributed by atoms with E-state index in [4.69, 9.17) is 30.0 Å². The molecule has 0 aliphatic heterocycles. The van der Waals surface area contributed by atoms with Crippen molar-refractivity contribution in [2.24, 2.45) is 0 Å². The number of carbonyl (C=O) groups excluding carboxylic acids is 1. The van der Waals surface area contributed by atoms with Crippen LogP contribution in [0.25, 0.3) is 0 Å². The minimum atomic E-state index is -5.34. The number of ketones is 1. The van der Waals surface area contributed by atoms with Gasteiger partial charge in [0.1, 0.15) is 24.9 Å². The molecule has 4 atom stereocenters. The summed E-state index contributed by atoms with van der Waals surface area (Å²) in [5.74, 6) is -1.39. The van der Waals surface area contributed by atoms with E-state index in [9.17, 15) is 19.0 Å². The van der Waals surface area contributed by atoms with Crippen molar-refractivity contribution < 1.29 is 57.9 Å². The molecule has 0 aliphatic rings. The van der Waals surface area contributed by atoms with Crippen molar-refractivity contribution in [3.63, 3.8) is 0 Å². The zero-order valence-corrected chi connectivity index (χ0v) is 11.5. The molecule has 12 nitrogen and oxygen atoms in total. The third-order valence-corrected chi connectivity index (χ3v) is 3.95. The van der Waals surface area contributed by atoms with Gasteiger partial charge in [0.2, 0.25) is 0 Å². The maximum atomic E-state index is 11.2. The van der Waals surface area contributed by atoms with E-state index in [2.05, 4.69) is 8.83 Å². The topological polar surface area (TPSA) is 211 Å². The molecule has 0 fully saturated rings. The van der Waals surface area contributed by atoms with Crippen molar-refractivity contribution in [1.29, 1.82) is 0 Å². The first-order valence-electron chi connectivity index (χ1n) is 4.81. The van der Waals surface area contributed by atoms with Crippen LogP contribution in [0.4, 0.5) is 0 Å². The van der Waals surface area contributed by atoms with Crippen molar-refractivity contribution in [3.05, 3.63) is 0 Å². The molecular formula is C6H18Ca2O12P2. The number of aliphatic hydroxyl groups excluding tert-OH is 4. The summed E-state index contributed by atoms with van der Waals surface area (Å²) < 4.78 is 28.5. The van der Waals surface area contributed by atoms with Crippen LogP contribution in [0, 0.1) is 0 Å². The molecule has 0 rings (SSSR count). The Morgan fingerprint density at radius 3 is 1.86 bits per heavy atom. The average molecular weight is 424 g/mol. The van der Waals surface area contributed by atoms with Gasteiger partial charge >= 0.3 is 91.1 Å². The second-order valence-electron chi connectivity index (χ2n) is 3.47. The van der Waals surface area contributed by atoms with Crippen molar-refractivity contribution in [3.8, 4) is 0 Å². The van der Waals surface area contributed by atoms with E-state index >= 15 is 0 Å². The molecule has 0 radical (unpaired) electrons. The Hall–Kier alpha value is 2.29. The van der Waals surface area contributed by atoms with Gasteiger partial charge in [-0.25, -0.2) is 9.13 Å². The molecule has 0 amide bonds. The van der Waals surface area contributed by atoms with Crippen LogP contribution in [0.2, 0.25) is 0 Å². The number of aliphatic hydroxyl groups is 4. The summed E-state index contributed by atoms with van der Waals surface area (Å²) in [4.78, 5) is 36.5. The third-order valence-electron chi connectivity index (χ3n) is 1.81. The molecule has 0 aromatic heterocycles.